The molecule has 4 nitrogen and oxygen atoms in total. The largest absolute Gasteiger partial charge is 0.480 e. The Hall–Kier alpha value is -1.94. The normalized spacial score (nSPS) is 12.2. The second-order valence-electron chi connectivity index (χ2n) is 4.59. The van der Waals surface area contributed by atoms with E-state index < -0.39 is 0 Å². The molecular weight excluding hydrogens is 238 g/mol. The van der Waals surface area contributed by atoms with Crippen molar-refractivity contribution in [2.75, 3.05) is 7.11 Å². The molecule has 0 radical (unpaired) electrons. The van der Waals surface area contributed by atoms with E-state index in [1.54, 1.807) is 19.5 Å². The van der Waals surface area contributed by atoms with Crippen LogP contribution in [0.4, 0.5) is 0 Å². The zero-order valence-corrected chi connectivity index (χ0v) is 11.3. The quantitative estimate of drug-likeness (QED) is 0.893. The van der Waals surface area contributed by atoms with Crippen molar-refractivity contribution < 1.29 is 4.74 Å². The Labute approximate surface area is 113 Å². The topological polar surface area (TPSA) is 61.0 Å². The number of aryl methyl sites for hydroxylation is 2. The second-order valence-corrected chi connectivity index (χ2v) is 4.59. The number of rotatable bonds is 5. The Morgan fingerprint density at radius 3 is 2.79 bits per heavy atom. The zero-order chi connectivity index (χ0) is 13.7. The number of hydrogen-bond donors (Lipinski definition) is 1. The Balaban J connectivity index is 2.03. The van der Waals surface area contributed by atoms with Gasteiger partial charge in [-0.15, -0.1) is 0 Å². The van der Waals surface area contributed by atoms with Crippen LogP contribution < -0.4 is 10.5 Å². The molecule has 4 heteroatoms. The standard InChI is InChI=1S/C15H19N3O/c1-11-4-3-5-12(10-11)6-7-13(16)14-15(19-2)18-9-8-17-14/h3-5,8-10,13H,6-7,16H2,1-2H3. The molecule has 0 bridgehead atoms. The van der Waals surface area contributed by atoms with Crippen molar-refractivity contribution in [1.82, 2.24) is 9.97 Å². The van der Waals surface area contributed by atoms with Crippen molar-refractivity contribution in [3.63, 3.8) is 0 Å². The van der Waals surface area contributed by atoms with Crippen LogP contribution in [0, 0.1) is 6.92 Å². The fourth-order valence-electron chi connectivity index (χ4n) is 2.07. The number of aromatic nitrogens is 2. The third kappa shape index (κ3) is 3.51. The summed E-state index contributed by atoms with van der Waals surface area (Å²) in [5.41, 5.74) is 9.45. The van der Waals surface area contributed by atoms with Gasteiger partial charge >= 0.3 is 0 Å². The van der Waals surface area contributed by atoms with Crippen molar-refractivity contribution in [1.29, 1.82) is 0 Å². The van der Waals surface area contributed by atoms with Gasteiger partial charge in [-0.1, -0.05) is 29.8 Å². The van der Waals surface area contributed by atoms with E-state index in [0.717, 1.165) is 18.5 Å². The number of methoxy groups -OCH3 is 1. The summed E-state index contributed by atoms with van der Waals surface area (Å²) in [5.74, 6) is 0.513. The minimum Gasteiger partial charge on any atom is -0.480 e. The molecule has 0 amide bonds. The van der Waals surface area contributed by atoms with Gasteiger partial charge in [0.25, 0.3) is 0 Å². The van der Waals surface area contributed by atoms with Crippen LogP contribution in [0.15, 0.2) is 36.7 Å². The van der Waals surface area contributed by atoms with Gasteiger partial charge in [0, 0.05) is 12.4 Å². The van der Waals surface area contributed by atoms with Crippen molar-refractivity contribution in [2.24, 2.45) is 5.73 Å². The Morgan fingerprint density at radius 2 is 2.05 bits per heavy atom. The van der Waals surface area contributed by atoms with E-state index in [2.05, 4.69) is 41.2 Å². The van der Waals surface area contributed by atoms with E-state index >= 15 is 0 Å². The average molecular weight is 257 g/mol. The minimum absolute atomic E-state index is 0.163. The van der Waals surface area contributed by atoms with Gasteiger partial charge < -0.3 is 10.5 Å². The highest BCUT2D eigenvalue weighted by atomic mass is 16.5. The molecule has 0 fully saturated rings. The van der Waals surface area contributed by atoms with Crippen LogP contribution in [0.2, 0.25) is 0 Å². The highest BCUT2D eigenvalue weighted by Gasteiger charge is 2.14. The maximum absolute atomic E-state index is 6.17. The summed E-state index contributed by atoms with van der Waals surface area (Å²) in [4.78, 5) is 8.39. The van der Waals surface area contributed by atoms with Gasteiger partial charge in [0.05, 0.1) is 13.2 Å². The van der Waals surface area contributed by atoms with Crippen LogP contribution in [0.3, 0.4) is 0 Å². The predicted molar refractivity (Wildman–Crippen MR) is 75.0 cm³/mol. The summed E-state index contributed by atoms with van der Waals surface area (Å²) >= 11 is 0. The molecule has 0 aliphatic carbocycles. The van der Waals surface area contributed by atoms with Gasteiger partial charge in [0.15, 0.2) is 0 Å². The summed E-state index contributed by atoms with van der Waals surface area (Å²) in [7, 11) is 1.58. The first-order valence-electron chi connectivity index (χ1n) is 6.36. The maximum Gasteiger partial charge on any atom is 0.236 e. The van der Waals surface area contributed by atoms with Gasteiger partial charge in [-0.25, -0.2) is 4.98 Å². The first-order chi connectivity index (χ1) is 9.20. The molecule has 1 heterocycles. The Bertz CT molecular complexity index is 542. The van der Waals surface area contributed by atoms with Crippen LogP contribution in [-0.2, 0) is 6.42 Å². The molecule has 0 saturated carbocycles. The zero-order valence-electron chi connectivity index (χ0n) is 11.3. The summed E-state index contributed by atoms with van der Waals surface area (Å²) in [6.45, 7) is 2.09. The smallest absolute Gasteiger partial charge is 0.236 e. The van der Waals surface area contributed by atoms with Crippen LogP contribution >= 0.6 is 0 Å². The van der Waals surface area contributed by atoms with Gasteiger partial charge in [-0.05, 0) is 25.3 Å². The fourth-order valence-corrected chi connectivity index (χ4v) is 2.07. The molecule has 1 aromatic heterocycles. The van der Waals surface area contributed by atoms with E-state index in [1.165, 1.54) is 11.1 Å². The Morgan fingerprint density at radius 1 is 1.26 bits per heavy atom. The first-order valence-corrected chi connectivity index (χ1v) is 6.36. The molecule has 2 N–H and O–H groups in total. The summed E-state index contributed by atoms with van der Waals surface area (Å²) in [6.07, 6.45) is 4.99. The van der Waals surface area contributed by atoms with E-state index in [1.807, 2.05) is 0 Å². The third-order valence-corrected chi connectivity index (χ3v) is 3.06. The SMILES string of the molecule is COc1nccnc1C(N)CCc1cccc(C)c1. The van der Waals surface area contributed by atoms with E-state index in [0.29, 0.717) is 5.88 Å². The monoisotopic (exact) mass is 257 g/mol. The lowest BCUT2D eigenvalue weighted by molar-refractivity contribution is 0.383. The van der Waals surface area contributed by atoms with Crippen molar-refractivity contribution >= 4 is 0 Å². The molecule has 1 aromatic carbocycles. The predicted octanol–water partition coefficient (Wildman–Crippen LogP) is 2.43. The highest BCUT2D eigenvalue weighted by molar-refractivity contribution is 5.24. The number of nitrogens with zero attached hydrogens (tertiary/aromatic N) is 2. The van der Waals surface area contributed by atoms with Gasteiger partial charge in [0.1, 0.15) is 5.69 Å². The molecular formula is C15H19N3O. The van der Waals surface area contributed by atoms with Crippen LogP contribution in [0.1, 0.15) is 29.3 Å². The number of nitrogens with two attached hydrogens (primary N) is 1. The molecule has 19 heavy (non-hydrogen) atoms. The molecule has 0 aliphatic rings. The maximum atomic E-state index is 6.17. The van der Waals surface area contributed by atoms with Crippen LogP contribution in [0.5, 0.6) is 5.88 Å². The number of benzene rings is 1. The number of hydrogen-bond acceptors (Lipinski definition) is 4. The minimum atomic E-state index is -0.163. The summed E-state index contributed by atoms with van der Waals surface area (Å²) in [5, 5.41) is 0. The third-order valence-electron chi connectivity index (χ3n) is 3.06. The van der Waals surface area contributed by atoms with Crippen molar-refractivity contribution in [2.45, 2.75) is 25.8 Å². The van der Waals surface area contributed by atoms with E-state index in [-0.39, 0.29) is 6.04 Å². The molecule has 100 valence electrons. The van der Waals surface area contributed by atoms with Gasteiger partial charge in [-0.2, -0.15) is 0 Å². The second kappa shape index (κ2) is 6.29. The molecule has 0 saturated heterocycles. The molecule has 0 aliphatic heterocycles. The lowest BCUT2D eigenvalue weighted by atomic mass is 10.0. The van der Waals surface area contributed by atoms with Crippen LogP contribution in [0.25, 0.3) is 0 Å². The first kappa shape index (κ1) is 13.5. The van der Waals surface area contributed by atoms with E-state index in [9.17, 15) is 0 Å². The molecule has 0 spiro atoms. The lowest BCUT2D eigenvalue weighted by Gasteiger charge is -2.13. The summed E-state index contributed by atoms with van der Waals surface area (Å²) in [6, 6.07) is 8.30. The fraction of sp³-hybridized carbons (Fsp3) is 0.333. The molecule has 1 atom stereocenters. The van der Waals surface area contributed by atoms with Crippen LogP contribution in [-0.4, -0.2) is 17.1 Å². The summed E-state index contributed by atoms with van der Waals surface area (Å²) < 4.78 is 5.18. The van der Waals surface area contributed by atoms with E-state index in [4.69, 9.17) is 10.5 Å². The van der Waals surface area contributed by atoms with Crippen molar-refractivity contribution in [3.8, 4) is 5.88 Å². The molecule has 2 rings (SSSR count). The average Bonchev–Trinajstić information content (AvgIpc) is 2.45. The lowest BCUT2D eigenvalue weighted by Crippen LogP contribution is -2.15. The Kier molecular flexibility index (Phi) is 4.47. The van der Waals surface area contributed by atoms with Crippen molar-refractivity contribution in [3.05, 3.63) is 53.5 Å². The van der Waals surface area contributed by atoms with Gasteiger partial charge in [0.2, 0.25) is 5.88 Å². The number of ether oxygens (including phenoxy) is 1. The highest BCUT2D eigenvalue weighted by Crippen LogP contribution is 2.22. The van der Waals surface area contributed by atoms with Gasteiger partial charge in [-0.3, -0.25) is 4.98 Å². The molecule has 1 unspecified atom stereocenters. The molecule has 2 aromatic rings.